The van der Waals surface area contributed by atoms with E-state index in [2.05, 4.69) is 51.3 Å². The zero-order chi connectivity index (χ0) is 39.7. The third-order valence-electron chi connectivity index (χ3n) is 10.4. The number of hydrogen-bond acceptors (Lipinski definition) is 8. The van der Waals surface area contributed by atoms with Crippen molar-refractivity contribution in [3.05, 3.63) is 0 Å². The molecule has 0 amide bonds. The number of carbonyl (C=O) groups is 2. The summed E-state index contributed by atoms with van der Waals surface area (Å²) in [5, 5.41) is 0. The Morgan fingerprint density at radius 1 is 0.389 bits per heavy atom. The van der Waals surface area contributed by atoms with Gasteiger partial charge in [0.1, 0.15) is 0 Å². The van der Waals surface area contributed by atoms with Crippen molar-refractivity contribution in [1.82, 2.24) is 9.80 Å². The van der Waals surface area contributed by atoms with Gasteiger partial charge >= 0.3 is 11.9 Å². The van der Waals surface area contributed by atoms with Gasteiger partial charge < -0.3 is 23.8 Å². The molecule has 0 aliphatic carbocycles. The average Bonchev–Trinajstić information content (AvgIpc) is 3.15. The van der Waals surface area contributed by atoms with Gasteiger partial charge in [0.15, 0.2) is 0 Å². The van der Waals surface area contributed by atoms with Gasteiger partial charge in [-0.1, -0.05) is 117 Å². The second-order valence-corrected chi connectivity index (χ2v) is 16.2. The van der Waals surface area contributed by atoms with Crippen LogP contribution in [0.5, 0.6) is 0 Å². The fraction of sp³-hybridized carbons (Fsp3) is 0.957. The van der Waals surface area contributed by atoms with Crippen molar-refractivity contribution in [3.8, 4) is 0 Å². The molecule has 0 saturated heterocycles. The summed E-state index contributed by atoms with van der Waals surface area (Å²) in [4.78, 5) is 29.8. The van der Waals surface area contributed by atoms with Crippen LogP contribution in [0.25, 0.3) is 0 Å². The van der Waals surface area contributed by atoms with Crippen LogP contribution in [-0.4, -0.2) is 99.6 Å². The van der Waals surface area contributed by atoms with E-state index in [4.69, 9.17) is 18.9 Å². The number of rotatable bonds is 43. The summed E-state index contributed by atoms with van der Waals surface area (Å²) in [6.45, 7) is 20.7. The highest BCUT2D eigenvalue weighted by Gasteiger charge is 2.17. The topological polar surface area (TPSA) is 77.5 Å². The smallest absolute Gasteiger partial charge is 0.307 e. The summed E-state index contributed by atoms with van der Waals surface area (Å²) in [6, 6.07) is 0.870. The predicted octanol–water partition coefficient (Wildman–Crippen LogP) is 11.7. The standard InChI is InChI=1S/C46H92N2O6/c1-7-9-11-13-15-17-19-25-37-51-39-27-21-23-29-41-53-45(49)31-33-47(35-36-48(43(3)4)44(5)6)34-32-46(50)54-42-30-24-22-28-40-52-38-26-20-18-16-14-12-10-8-2/h43-44H,7-42H2,1-6H3. The molecule has 8 nitrogen and oxygen atoms in total. The Kier molecular flexibility index (Phi) is 40.5. The Morgan fingerprint density at radius 3 is 1.00 bits per heavy atom. The predicted molar refractivity (Wildman–Crippen MR) is 228 cm³/mol. The number of hydrogen-bond donors (Lipinski definition) is 0. The lowest BCUT2D eigenvalue weighted by Gasteiger charge is -2.33. The van der Waals surface area contributed by atoms with Crippen LogP contribution in [0.2, 0.25) is 0 Å². The molecule has 0 rings (SSSR count). The van der Waals surface area contributed by atoms with E-state index in [1.165, 1.54) is 103 Å². The number of unbranched alkanes of at least 4 members (excludes halogenated alkanes) is 20. The van der Waals surface area contributed by atoms with Gasteiger partial charge in [-0.25, -0.2) is 0 Å². The Balaban J connectivity index is 4.07. The van der Waals surface area contributed by atoms with Crippen molar-refractivity contribution < 1.29 is 28.5 Å². The molecule has 0 aliphatic heterocycles. The minimum absolute atomic E-state index is 0.153. The SMILES string of the molecule is CCCCCCCCCCOCCCCCCOC(=O)CCN(CCC(=O)OCCCCCCOCCCCCCCCCC)CCN(C(C)C)C(C)C. The highest BCUT2D eigenvalue weighted by molar-refractivity contribution is 5.70. The summed E-state index contributed by atoms with van der Waals surface area (Å²) in [6.07, 6.45) is 30.2. The molecular weight excluding hydrogens is 677 g/mol. The van der Waals surface area contributed by atoms with Crippen LogP contribution in [0.4, 0.5) is 0 Å². The van der Waals surface area contributed by atoms with Crippen LogP contribution < -0.4 is 0 Å². The molecule has 0 atom stereocenters. The van der Waals surface area contributed by atoms with Crippen LogP contribution in [0.1, 0.15) is 208 Å². The third kappa shape index (κ3) is 37.7. The van der Waals surface area contributed by atoms with Crippen LogP contribution in [0.15, 0.2) is 0 Å². The third-order valence-corrected chi connectivity index (χ3v) is 10.4. The molecule has 0 spiro atoms. The second kappa shape index (κ2) is 41.4. The lowest BCUT2D eigenvalue weighted by Crippen LogP contribution is -2.43. The first-order chi connectivity index (χ1) is 26.3. The van der Waals surface area contributed by atoms with E-state index in [9.17, 15) is 9.59 Å². The van der Waals surface area contributed by atoms with Crippen molar-refractivity contribution >= 4 is 11.9 Å². The molecule has 0 aromatic rings. The molecule has 0 saturated carbocycles. The van der Waals surface area contributed by atoms with Crippen LogP contribution in [-0.2, 0) is 28.5 Å². The summed E-state index contributed by atoms with van der Waals surface area (Å²) >= 11 is 0. The monoisotopic (exact) mass is 769 g/mol. The van der Waals surface area contributed by atoms with Gasteiger partial charge in [-0.2, -0.15) is 0 Å². The van der Waals surface area contributed by atoms with Crippen LogP contribution in [0.3, 0.4) is 0 Å². The van der Waals surface area contributed by atoms with Gasteiger partial charge in [0.25, 0.3) is 0 Å². The Hall–Kier alpha value is -1.22. The van der Waals surface area contributed by atoms with Gasteiger partial charge in [-0.05, 0) is 79.1 Å². The molecule has 0 heterocycles. The van der Waals surface area contributed by atoms with Crippen LogP contribution >= 0.6 is 0 Å². The quantitative estimate of drug-likeness (QED) is 0.0448. The highest BCUT2D eigenvalue weighted by atomic mass is 16.5. The minimum atomic E-state index is -0.153. The normalized spacial score (nSPS) is 11.8. The van der Waals surface area contributed by atoms with Crippen LogP contribution in [0, 0.1) is 0 Å². The first-order valence-electron chi connectivity index (χ1n) is 23.3. The molecule has 0 unspecified atom stereocenters. The highest BCUT2D eigenvalue weighted by Crippen LogP contribution is 2.11. The van der Waals surface area contributed by atoms with Gasteiger partial charge in [0.2, 0.25) is 0 Å². The Labute approximate surface area is 335 Å². The fourth-order valence-corrected chi connectivity index (χ4v) is 6.92. The van der Waals surface area contributed by atoms with Crippen molar-refractivity contribution in [2.24, 2.45) is 0 Å². The minimum Gasteiger partial charge on any atom is -0.466 e. The van der Waals surface area contributed by atoms with Crippen molar-refractivity contribution in [2.75, 3.05) is 65.8 Å². The van der Waals surface area contributed by atoms with Crippen molar-refractivity contribution in [1.29, 1.82) is 0 Å². The molecule has 0 aromatic heterocycles. The van der Waals surface area contributed by atoms with Gasteiger partial charge in [-0.15, -0.1) is 0 Å². The fourth-order valence-electron chi connectivity index (χ4n) is 6.92. The molecule has 54 heavy (non-hydrogen) atoms. The molecular formula is C46H92N2O6. The lowest BCUT2D eigenvalue weighted by atomic mass is 10.1. The van der Waals surface area contributed by atoms with Crippen molar-refractivity contribution in [3.63, 3.8) is 0 Å². The van der Waals surface area contributed by atoms with Gasteiger partial charge in [0.05, 0.1) is 26.1 Å². The maximum Gasteiger partial charge on any atom is 0.307 e. The molecule has 322 valence electrons. The summed E-state index contributed by atoms with van der Waals surface area (Å²) in [7, 11) is 0. The molecule has 0 fully saturated rings. The molecule has 0 N–H and O–H groups in total. The first-order valence-corrected chi connectivity index (χ1v) is 23.3. The van der Waals surface area contributed by atoms with Gasteiger partial charge in [0, 0.05) is 64.7 Å². The molecule has 0 aliphatic rings. The Morgan fingerprint density at radius 2 is 0.685 bits per heavy atom. The number of nitrogens with zero attached hydrogens (tertiary/aromatic N) is 2. The van der Waals surface area contributed by atoms with Gasteiger partial charge in [-0.3, -0.25) is 14.5 Å². The maximum absolute atomic E-state index is 12.6. The zero-order valence-electron chi connectivity index (χ0n) is 37.0. The van der Waals surface area contributed by atoms with E-state index in [1.54, 1.807) is 0 Å². The first kappa shape index (κ1) is 52.8. The van der Waals surface area contributed by atoms with Crippen molar-refractivity contribution in [2.45, 2.75) is 221 Å². The summed E-state index contributed by atoms with van der Waals surface area (Å²) in [5.74, 6) is -0.307. The largest absolute Gasteiger partial charge is 0.466 e. The summed E-state index contributed by atoms with van der Waals surface area (Å²) < 4.78 is 22.8. The molecule has 0 radical (unpaired) electrons. The number of carbonyl (C=O) groups excluding carboxylic acids is 2. The number of esters is 2. The van der Waals surface area contributed by atoms with E-state index in [0.29, 0.717) is 51.2 Å². The molecule has 0 aromatic carbocycles. The summed E-state index contributed by atoms with van der Waals surface area (Å²) in [5.41, 5.74) is 0. The van der Waals surface area contributed by atoms with E-state index in [1.807, 2.05) is 0 Å². The Bertz CT molecular complexity index is 735. The zero-order valence-corrected chi connectivity index (χ0v) is 37.0. The van der Waals surface area contributed by atoms with E-state index in [0.717, 1.165) is 90.9 Å². The number of ether oxygens (including phenoxy) is 4. The molecule has 0 bridgehead atoms. The average molecular weight is 769 g/mol. The van der Waals surface area contributed by atoms with E-state index >= 15 is 0 Å². The lowest BCUT2D eigenvalue weighted by molar-refractivity contribution is -0.144. The molecule has 8 heteroatoms. The van der Waals surface area contributed by atoms with E-state index in [-0.39, 0.29) is 11.9 Å². The maximum atomic E-state index is 12.6. The second-order valence-electron chi connectivity index (χ2n) is 16.2. The van der Waals surface area contributed by atoms with E-state index < -0.39 is 0 Å².